The molecule has 0 spiro atoms. The van der Waals surface area contributed by atoms with Gasteiger partial charge in [0.1, 0.15) is 17.3 Å². The van der Waals surface area contributed by atoms with Crippen LogP contribution in [0.2, 0.25) is 0 Å². The molecule has 0 unspecified atom stereocenters. The van der Waals surface area contributed by atoms with E-state index in [0.717, 1.165) is 28.3 Å². The molecule has 0 aliphatic rings. The van der Waals surface area contributed by atoms with Crippen molar-refractivity contribution < 1.29 is 9.53 Å². The lowest BCUT2D eigenvalue weighted by atomic mass is 10.1. The standard InChI is InChI=1S/C21H22N4O2/c1-13-5-7-17(11-19(13)24-16(4)26)25-21-12-18(9-10-22-21)27-20-8-6-14(2)23-15(20)3/h5-12H,1-4H3,(H,22,25)(H,24,26). The average Bonchev–Trinajstić information content (AvgIpc) is 2.60. The summed E-state index contributed by atoms with van der Waals surface area (Å²) < 4.78 is 5.94. The first-order chi connectivity index (χ1) is 12.9. The number of pyridine rings is 2. The van der Waals surface area contributed by atoms with Crippen LogP contribution in [-0.2, 0) is 4.79 Å². The first kappa shape index (κ1) is 18.4. The highest BCUT2D eigenvalue weighted by molar-refractivity contribution is 5.90. The van der Waals surface area contributed by atoms with E-state index in [0.29, 0.717) is 17.3 Å². The fourth-order valence-corrected chi connectivity index (χ4v) is 2.62. The van der Waals surface area contributed by atoms with Crippen LogP contribution >= 0.6 is 0 Å². The molecule has 27 heavy (non-hydrogen) atoms. The van der Waals surface area contributed by atoms with Crippen LogP contribution < -0.4 is 15.4 Å². The van der Waals surface area contributed by atoms with E-state index in [9.17, 15) is 4.79 Å². The van der Waals surface area contributed by atoms with Crippen molar-refractivity contribution in [1.29, 1.82) is 0 Å². The number of ether oxygens (including phenoxy) is 1. The second-order valence-corrected chi connectivity index (χ2v) is 6.35. The normalized spacial score (nSPS) is 10.4. The number of nitrogens with zero attached hydrogens (tertiary/aromatic N) is 2. The van der Waals surface area contributed by atoms with Gasteiger partial charge in [-0.15, -0.1) is 0 Å². The van der Waals surface area contributed by atoms with E-state index in [1.807, 2.05) is 57.2 Å². The molecule has 0 aliphatic carbocycles. The Hall–Kier alpha value is -3.41. The van der Waals surface area contributed by atoms with E-state index in [1.54, 1.807) is 12.3 Å². The summed E-state index contributed by atoms with van der Waals surface area (Å²) in [5.41, 5.74) is 4.36. The van der Waals surface area contributed by atoms with Gasteiger partial charge in [-0.2, -0.15) is 0 Å². The van der Waals surface area contributed by atoms with Crippen molar-refractivity contribution in [1.82, 2.24) is 9.97 Å². The molecule has 1 amide bonds. The van der Waals surface area contributed by atoms with Crippen LogP contribution in [0.25, 0.3) is 0 Å². The van der Waals surface area contributed by atoms with E-state index in [4.69, 9.17) is 4.74 Å². The van der Waals surface area contributed by atoms with Crippen molar-refractivity contribution >= 4 is 23.1 Å². The van der Waals surface area contributed by atoms with Gasteiger partial charge in [-0.05, 0) is 56.7 Å². The zero-order chi connectivity index (χ0) is 19.4. The van der Waals surface area contributed by atoms with E-state index >= 15 is 0 Å². The third-order valence-electron chi connectivity index (χ3n) is 3.96. The number of amides is 1. The Morgan fingerprint density at radius 3 is 2.59 bits per heavy atom. The summed E-state index contributed by atoms with van der Waals surface area (Å²) in [5, 5.41) is 6.06. The molecule has 6 nitrogen and oxygen atoms in total. The van der Waals surface area contributed by atoms with E-state index in [1.165, 1.54) is 6.92 Å². The number of benzene rings is 1. The summed E-state index contributed by atoms with van der Waals surface area (Å²) >= 11 is 0. The minimum atomic E-state index is -0.106. The molecule has 0 fully saturated rings. The molecule has 0 saturated carbocycles. The number of hydrogen-bond donors (Lipinski definition) is 2. The number of aryl methyl sites for hydroxylation is 3. The van der Waals surface area contributed by atoms with Gasteiger partial charge in [-0.1, -0.05) is 6.07 Å². The summed E-state index contributed by atoms with van der Waals surface area (Å²) in [7, 11) is 0. The summed E-state index contributed by atoms with van der Waals surface area (Å²) in [6.07, 6.45) is 1.68. The molecular weight excluding hydrogens is 340 g/mol. The highest BCUT2D eigenvalue weighted by atomic mass is 16.5. The van der Waals surface area contributed by atoms with Crippen molar-refractivity contribution in [2.45, 2.75) is 27.7 Å². The molecule has 6 heteroatoms. The molecule has 2 aromatic heterocycles. The maximum atomic E-state index is 11.3. The lowest BCUT2D eigenvalue weighted by molar-refractivity contribution is -0.114. The van der Waals surface area contributed by atoms with Crippen molar-refractivity contribution in [3.05, 3.63) is 65.6 Å². The number of hydrogen-bond acceptors (Lipinski definition) is 5. The lowest BCUT2D eigenvalue weighted by Gasteiger charge is -2.12. The monoisotopic (exact) mass is 362 g/mol. The molecule has 0 radical (unpaired) electrons. The van der Waals surface area contributed by atoms with Crippen LogP contribution in [0.15, 0.2) is 48.7 Å². The van der Waals surface area contributed by atoms with E-state index in [-0.39, 0.29) is 5.91 Å². The highest BCUT2D eigenvalue weighted by Gasteiger charge is 2.06. The predicted octanol–water partition coefficient (Wildman–Crippen LogP) is 4.90. The number of carbonyl (C=O) groups excluding carboxylic acids is 1. The SMILES string of the molecule is CC(=O)Nc1cc(Nc2cc(Oc3ccc(C)nc3C)ccn2)ccc1C. The zero-order valence-corrected chi connectivity index (χ0v) is 15.8. The molecular formula is C21H22N4O2. The first-order valence-corrected chi connectivity index (χ1v) is 8.64. The lowest BCUT2D eigenvalue weighted by Crippen LogP contribution is -2.07. The van der Waals surface area contributed by atoms with Crippen molar-refractivity contribution in [3.63, 3.8) is 0 Å². The fraction of sp³-hybridized carbons (Fsp3) is 0.190. The average molecular weight is 362 g/mol. The Morgan fingerprint density at radius 2 is 1.85 bits per heavy atom. The Bertz CT molecular complexity index is 986. The molecule has 3 aromatic rings. The van der Waals surface area contributed by atoms with Crippen LogP contribution in [-0.4, -0.2) is 15.9 Å². The molecule has 138 valence electrons. The molecule has 2 N–H and O–H groups in total. The van der Waals surface area contributed by atoms with E-state index < -0.39 is 0 Å². The molecule has 2 heterocycles. The van der Waals surface area contributed by atoms with Gasteiger partial charge in [0.2, 0.25) is 5.91 Å². The quantitative estimate of drug-likeness (QED) is 0.675. The number of nitrogens with one attached hydrogen (secondary N) is 2. The van der Waals surface area contributed by atoms with Crippen LogP contribution in [0.3, 0.4) is 0 Å². The highest BCUT2D eigenvalue weighted by Crippen LogP contribution is 2.27. The van der Waals surface area contributed by atoms with Crippen molar-refractivity contribution in [3.8, 4) is 11.5 Å². The Balaban J connectivity index is 1.79. The summed E-state index contributed by atoms with van der Waals surface area (Å²) in [6, 6.07) is 13.2. The predicted molar refractivity (Wildman–Crippen MR) is 107 cm³/mol. The van der Waals surface area contributed by atoms with Gasteiger partial charge in [0.15, 0.2) is 0 Å². The summed E-state index contributed by atoms with van der Waals surface area (Å²) in [6.45, 7) is 7.30. The third-order valence-corrected chi connectivity index (χ3v) is 3.96. The van der Waals surface area contributed by atoms with Crippen molar-refractivity contribution in [2.24, 2.45) is 0 Å². The Labute approximate surface area is 158 Å². The Morgan fingerprint density at radius 1 is 1.04 bits per heavy atom. The first-order valence-electron chi connectivity index (χ1n) is 8.64. The van der Waals surface area contributed by atoms with E-state index in [2.05, 4.69) is 20.6 Å². The largest absolute Gasteiger partial charge is 0.455 e. The molecule has 1 aromatic carbocycles. The fourth-order valence-electron chi connectivity index (χ4n) is 2.62. The smallest absolute Gasteiger partial charge is 0.221 e. The van der Waals surface area contributed by atoms with Crippen LogP contribution in [0, 0.1) is 20.8 Å². The molecule has 0 atom stereocenters. The van der Waals surface area contributed by atoms with Gasteiger partial charge in [-0.3, -0.25) is 9.78 Å². The van der Waals surface area contributed by atoms with Gasteiger partial charge >= 0.3 is 0 Å². The van der Waals surface area contributed by atoms with Crippen LogP contribution in [0.4, 0.5) is 17.2 Å². The molecule has 0 aliphatic heterocycles. The third kappa shape index (κ3) is 4.82. The van der Waals surface area contributed by atoms with Gasteiger partial charge in [0, 0.05) is 36.3 Å². The zero-order valence-electron chi connectivity index (χ0n) is 15.8. The molecule has 0 bridgehead atoms. The second kappa shape index (κ2) is 7.86. The minimum Gasteiger partial charge on any atom is -0.455 e. The molecule has 0 saturated heterocycles. The van der Waals surface area contributed by atoms with Gasteiger partial charge in [0.25, 0.3) is 0 Å². The summed E-state index contributed by atoms with van der Waals surface area (Å²) in [5.74, 6) is 1.91. The second-order valence-electron chi connectivity index (χ2n) is 6.35. The van der Waals surface area contributed by atoms with Gasteiger partial charge in [0.05, 0.1) is 5.69 Å². The Kier molecular flexibility index (Phi) is 5.35. The van der Waals surface area contributed by atoms with Crippen molar-refractivity contribution in [2.75, 3.05) is 10.6 Å². The molecule has 3 rings (SSSR count). The summed E-state index contributed by atoms with van der Waals surface area (Å²) in [4.78, 5) is 20.1. The topological polar surface area (TPSA) is 76.1 Å². The minimum absolute atomic E-state index is 0.106. The number of rotatable bonds is 5. The van der Waals surface area contributed by atoms with Gasteiger partial charge < -0.3 is 15.4 Å². The number of aromatic nitrogens is 2. The van der Waals surface area contributed by atoms with Gasteiger partial charge in [-0.25, -0.2) is 4.98 Å². The van der Waals surface area contributed by atoms with Crippen LogP contribution in [0.1, 0.15) is 23.9 Å². The maximum Gasteiger partial charge on any atom is 0.221 e. The number of anilines is 3. The number of carbonyl (C=O) groups is 1. The maximum absolute atomic E-state index is 11.3. The van der Waals surface area contributed by atoms with Crippen LogP contribution in [0.5, 0.6) is 11.5 Å².